The molecule has 6 heteroatoms. The van der Waals surface area contributed by atoms with Gasteiger partial charge >= 0.3 is 0 Å². The van der Waals surface area contributed by atoms with Gasteiger partial charge in [0.15, 0.2) is 5.76 Å². The molecular formula is C31H31ClN2O3. The molecule has 2 unspecified atom stereocenters. The second-order valence-electron chi connectivity index (χ2n) is 9.69. The van der Waals surface area contributed by atoms with Crippen molar-refractivity contribution in [3.63, 3.8) is 0 Å². The number of hydrogen-bond donors (Lipinski definition) is 1. The smallest absolute Gasteiger partial charge is 0.289 e. The highest BCUT2D eigenvalue weighted by molar-refractivity contribution is 6.30. The van der Waals surface area contributed by atoms with Gasteiger partial charge in [0.05, 0.1) is 6.04 Å². The molecule has 2 aliphatic rings. The Bertz CT molecular complexity index is 1260. The van der Waals surface area contributed by atoms with E-state index in [0.29, 0.717) is 29.4 Å². The van der Waals surface area contributed by atoms with Crippen molar-refractivity contribution in [2.24, 2.45) is 0 Å². The van der Waals surface area contributed by atoms with E-state index < -0.39 is 0 Å². The van der Waals surface area contributed by atoms with Crippen LogP contribution in [0.4, 0.5) is 0 Å². The van der Waals surface area contributed by atoms with E-state index in [1.807, 2.05) is 59.5 Å². The lowest BCUT2D eigenvalue weighted by Crippen LogP contribution is -2.54. The van der Waals surface area contributed by atoms with E-state index in [1.165, 1.54) is 5.56 Å². The predicted molar refractivity (Wildman–Crippen MR) is 146 cm³/mol. The first-order valence-corrected chi connectivity index (χ1v) is 13.3. The van der Waals surface area contributed by atoms with Gasteiger partial charge in [-0.05, 0) is 72.7 Å². The van der Waals surface area contributed by atoms with Crippen LogP contribution in [0.1, 0.15) is 52.7 Å². The van der Waals surface area contributed by atoms with Crippen LogP contribution in [0.15, 0.2) is 84.6 Å². The summed E-state index contributed by atoms with van der Waals surface area (Å²) in [4.78, 5) is 28.0. The Morgan fingerprint density at radius 3 is 2.43 bits per heavy atom. The van der Waals surface area contributed by atoms with E-state index in [0.717, 1.165) is 43.2 Å². The van der Waals surface area contributed by atoms with Crippen LogP contribution in [0.5, 0.6) is 0 Å². The zero-order valence-corrected chi connectivity index (χ0v) is 21.5. The maximum atomic E-state index is 13.5. The second-order valence-corrected chi connectivity index (χ2v) is 10.1. The van der Waals surface area contributed by atoms with E-state index in [2.05, 4.69) is 17.4 Å². The number of hydrogen-bond acceptors (Lipinski definition) is 3. The van der Waals surface area contributed by atoms with Crippen molar-refractivity contribution in [1.82, 2.24) is 10.2 Å². The molecular weight excluding hydrogens is 484 g/mol. The van der Waals surface area contributed by atoms with Crippen molar-refractivity contribution in [3.05, 3.63) is 112 Å². The van der Waals surface area contributed by atoms with Crippen LogP contribution in [0.3, 0.4) is 0 Å². The molecule has 1 aliphatic carbocycles. The number of carbonyl (C=O) groups excluding carboxylic acids is 2. The van der Waals surface area contributed by atoms with Crippen molar-refractivity contribution in [2.45, 2.75) is 50.8 Å². The maximum absolute atomic E-state index is 13.5. The summed E-state index contributed by atoms with van der Waals surface area (Å²) in [5.41, 5.74) is 3.64. The molecule has 2 fully saturated rings. The van der Waals surface area contributed by atoms with Gasteiger partial charge in [-0.25, -0.2) is 0 Å². The summed E-state index contributed by atoms with van der Waals surface area (Å²) in [6, 6.07) is 25.1. The Morgan fingerprint density at radius 2 is 1.68 bits per heavy atom. The molecule has 1 N–H and O–H groups in total. The summed E-state index contributed by atoms with van der Waals surface area (Å²) in [6.07, 6.45) is 6.66. The molecule has 0 aromatic heterocycles. The van der Waals surface area contributed by atoms with Gasteiger partial charge in [-0.15, -0.1) is 0 Å². The quantitative estimate of drug-likeness (QED) is 0.392. The second kappa shape index (κ2) is 11.7. The highest BCUT2D eigenvalue weighted by Gasteiger charge is 2.41. The van der Waals surface area contributed by atoms with Crippen LogP contribution in [0, 0.1) is 0 Å². The number of nitrogens with zero attached hydrogens (tertiary/aromatic N) is 1. The molecule has 1 saturated heterocycles. The number of nitrogens with one attached hydrogen (secondary N) is 1. The number of amides is 2. The molecule has 37 heavy (non-hydrogen) atoms. The number of carbonyl (C=O) groups is 2. The fourth-order valence-electron chi connectivity index (χ4n) is 5.10. The lowest BCUT2D eigenvalue weighted by Gasteiger charge is -2.44. The molecule has 1 aliphatic heterocycles. The normalized spacial score (nSPS) is 20.3. The number of fused-ring (bicyclic) bond motifs is 1. The summed E-state index contributed by atoms with van der Waals surface area (Å²) >= 11 is 6.05. The van der Waals surface area contributed by atoms with Crippen molar-refractivity contribution >= 4 is 29.5 Å². The zero-order valence-electron chi connectivity index (χ0n) is 20.7. The Hall–Kier alpha value is -3.57. The molecule has 190 valence electrons. The SMILES string of the molecule is O=C(NCCc1ccccc1)c1ccc(/C=C2\OC3CCCCC3N(Cc3ccc(Cl)cc3)C2=O)cc1. The van der Waals surface area contributed by atoms with Gasteiger partial charge in [0, 0.05) is 23.7 Å². The van der Waals surface area contributed by atoms with Gasteiger partial charge in [-0.2, -0.15) is 0 Å². The fraction of sp³-hybridized carbons (Fsp3) is 0.290. The monoisotopic (exact) mass is 514 g/mol. The number of rotatable bonds is 7. The number of ether oxygens (including phenoxy) is 1. The van der Waals surface area contributed by atoms with E-state index >= 15 is 0 Å². The molecule has 3 aromatic rings. The van der Waals surface area contributed by atoms with Gasteiger partial charge in [0.25, 0.3) is 11.8 Å². The van der Waals surface area contributed by atoms with E-state index in [9.17, 15) is 9.59 Å². The molecule has 2 atom stereocenters. The largest absolute Gasteiger partial charge is 0.482 e. The topological polar surface area (TPSA) is 58.6 Å². The van der Waals surface area contributed by atoms with Crippen LogP contribution < -0.4 is 5.32 Å². The minimum absolute atomic E-state index is 0.000309. The Balaban J connectivity index is 1.26. The van der Waals surface area contributed by atoms with Crippen molar-refractivity contribution in [2.75, 3.05) is 6.54 Å². The standard InChI is InChI=1S/C31H31ClN2O3/c32-26-16-12-24(13-17-26)21-34-27-8-4-5-9-28(27)37-29(31(34)36)20-23-10-14-25(15-11-23)30(35)33-19-18-22-6-2-1-3-7-22/h1-3,6-7,10-17,20,27-28H,4-5,8-9,18-19,21H2,(H,33,35)/b29-20-. The summed E-state index contributed by atoms with van der Waals surface area (Å²) in [7, 11) is 0. The van der Waals surface area contributed by atoms with Gasteiger partial charge in [0.2, 0.25) is 0 Å². The molecule has 5 nitrogen and oxygen atoms in total. The molecule has 2 amide bonds. The summed E-state index contributed by atoms with van der Waals surface area (Å²) in [5.74, 6) is 0.150. The highest BCUT2D eigenvalue weighted by Crippen LogP contribution is 2.34. The number of benzene rings is 3. The third kappa shape index (κ3) is 6.23. The third-order valence-electron chi connectivity index (χ3n) is 7.10. The summed E-state index contributed by atoms with van der Waals surface area (Å²) in [6.45, 7) is 1.10. The maximum Gasteiger partial charge on any atom is 0.289 e. The molecule has 1 heterocycles. The Labute approximate surface area is 223 Å². The van der Waals surface area contributed by atoms with Crippen LogP contribution >= 0.6 is 11.6 Å². The van der Waals surface area contributed by atoms with Crippen LogP contribution in [0.2, 0.25) is 5.02 Å². The lowest BCUT2D eigenvalue weighted by molar-refractivity contribution is -0.149. The predicted octanol–water partition coefficient (Wildman–Crippen LogP) is 6.02. The minimum Gasteiger partial charge on any atom is -0.482 e. The Kier molecular flexibility index (Phi) is 7.90. The van der Waals surface area contributed by atoms with Crippen LogP contribution in [0.25, 0.3) is 6.08 Å². The first-order chi connectivity index (χ1) is 18.1. The van der Waals surface area contributed by atoms with Gasteiger partial charge in [-0.1, -0.05) is 72.6 Å². The summed E-state index contributed by atoms with van der Waals surface area (Å²) in [5, 5.41) is 3.65. The first-order valence-electron chi connectivity index (χ1n) is 12.9. The number of morpholine rings is 1. The highest BCUT2D eigenvalue weighted by atomic mass is 35.5. The lowest BCUT2D eigenvalue weighted by atomic mass is 9.89. The number of halogens is 1. The van der Waals surface area contributed by atoms with Crippen molar-refractivity contribution in [1.29, 1.82) is 0 Å². The molecule has 0 spiro atoms. The molecule has 1 saturated carbocycles. The van der Waals surface area contributed by atoms with Crippen LogP contribution in [-0.2, 0) is 22.5 Å². The third-order valence-corrected chi connectivity index (χ3v) is 7.35. The zero-order chi connectivity index (χ0) is 25.6. The van der Waals surface area contributed by atoms with E-state index in [1.54, 1.807) is 18.2 Å². The van der Waals surface area contributed by atoms with Crippen molar-refractivity contribution < 1.29 is 14.3 Å². The van der Waals surface area contributed by atoms with E-state index in [-0.39, 0.29) is 24.0 Å². The van der Waals surface area contributed by atoms with Gasteiger partial charge < -0.3 is 15.0 Å². The molecule has 0 radical (unpaired) electrons. The van der Waals surface area contributed by atoms with Crippen molar-refractivity contribution in [3.8, 4) is 0 Å². The average molecular weight is 515 g/mol. The average Bonchev–Trinajstić information content (AvgIpc) is 2.93. The summed E-state index contributed by atoms with van der Waals surface area (Å²) < 4.78 is 6.24. The Morgan fingerprint density at radius 1 is 0.946 bits per heavy atom. The fourth-order valence-corrected chi connectivity index (χ4v) is 5.22. The molecule has 3 aromatic carbocycles. The van der Waals surface area contributed by atoms with Crippen LogP contribution in [-0.4, -0.2) is 35.4 Å². The van der Waals surface area contributed by atoms with Gasteiger partial charge in [0.1, 0.15) is 6.10 Å². The minimum atomic E-state index is -0.112. The van der Waals surface area contributed by atoms with E-state index in [4.69, 9.17) is 16.3 Å². The first kappa shape index (κ1) is 25.1. The molecule has 0 bridgehead atoms. The van der Waals surface area contributed by atoms with Gasteiger partial charge in [-0.3, -0.25) is 9.59 Å². The molecule has 5 rings (SSSR count).